The largest absolute Gasteiger partial charge is 0.367 e. The predicted molar refractivity (Wildman–Crippen MR) is 66.3 cm³/mol. The highest BCUT2D eigenvalue weighted by Crippen LogP contribution is 2.33. The standard InChI is InChI=1S/C13H21N3O2/c1-13(6-2-3-8-17-13)12-15-11(18-16-12)10-5-4-7-14-9-10/h10,14H,2-9H2,1H3/t10-,13?/m0/s1. The molecule has 0 saturated carbocycles. The molecule has 0 bridgehead atoms. The van der Waals surface area contributed by atoms with Gasteiger partial charge in [-0.1, -0.05) is 5.16 Å². The van der Waals surface area contributed by atoms with Gasteiger partial charge in [0.05, 0.1) is 5.92 Å². The summed E-state index contributed by atoms with van der Waals surface area (Å²) in [6.45, 7) is 4.91. The van der Waals surface area contributed by atoms with Crippen LogP contribution in [-0.2, 0) is 10.3 Å². The highest BCUT2D eigenvalue weighted by atomic mass is 16.5. The zero-order chi connectivity index (χ0) is 12.4. The van der Waals surface area contributed by atoms with E-state index in [1.807, 2.05) is 0 Å². The van der Waals surface area contributed by atoms with Crippen LogP contribution in [0.2, 0.25) is 0 Å². The maximum atomic E-state index is 5.85. The normalized spacial score (nSPS) is 33.5. The zero-order valence-electron chi connectivity index (χ0n) is 10.9. The van der Waals surface area contributed by atoms with E-state index in [1.165, 1.54) is 12.8 Å². The summed E-state index contributed by atoms with van der Waals surface area (Å²) >= 11 is 0. The highest BCUT2D eigenvalue weighted by molar-refractivity contribution is 5.04. The molecule has 2 aliphatic heterocycles. The van der Waals surface area contributed by atoms with Crippen molar-refractivity contribution >= 4 is 0 Å². The minimum Gasteiger partial charge on any atom is -0.367 e. The van der Waals surface area contributed by atoms with Crippen LogP contribution >= 0.6 is 0 Å². The number of hydrogen-bond donors (Lipinski definition) is 1. The topological polar surface area (TPSA) is 60.2 Å². The van der Waals surface area contributed by atoms with Crippen LogP contribution in [-0.4, -0.2) is 29.8 Å². The first-order chi connectivity index (χ1) is 8.78. The van der Waals surface area contributed by atoms with E-state index < -0.39 is 0 Å². The fraction of sp³-hybridized carbons (Fsp3) is 0.846. The van der Waals surface area contributed by atoms with Crippen LogP contribution < -0.4 is 5.32 Å². The quantitative estimate of drug-likeness (QED) is 0.870. The molecule has 1 aromatic heterocycles. The SMILES string of the molecule is CC1(c2noc([C@H]3CCCNC3)n2)CCCCO1. The second-order valence-electron chi connectivity index (χ2n) is 5.54. The van der Waals surface area contributed by atoms with Crippen molar-refractivity contribution in [2.24, 2.45) is 0 Å². The van der Waals surface area contributed by atoms with E-state index in [0.29, 0.717) is 5.92 Å². The Hall–Kier alpha value is -0.940. The molecule has 0 spiro atoms. The molecular weight excluding hydrogens is 230 g/mol. The van der Waals surface area contributed by atoms with Gasteiger partial charge in [0.15, 0.2) is 0 Å². The van der Waals surface area contributed by atoms with E-state index in [1.54, 1.807) is 0 Å². The van der Waals surface area contributed by atoms with Crippen molar-refractivity contribution in [2.75, 3.05) is 19.7 Å². The molecule has 3 heterocycles. The van der Waals surface area contributed by atoms with E-state index >= 15 is 0 Å². The molecule has 2 saturated heterocycles. The van der Waals surface area contributed by atoms with Gasteiger partial charge in [0.2, 0.25) is 11.7 Å². The van der Waals surface area contributed by atoms with E-state index in [2.05, 4.69) is 22.4 Å². The van der Waals surface area contributed by atoms with Gasteiger partial charge >= 0.3 is 0 Å². The van der Waals surface area contributed by atoms with E-state index in [-0.39, 0.29) is 5.60 Å². The zero-order valence-corrected chi connectivity index (χ0v) is 10.9. The van der Waals surface area contributed by atoms with Gasteiger partial charge in [0.1, 0.15) is 5.60 Å². The number of ether oxygens (including phenoxy) is 1. The molecule has 100 valence electrons. The first-order valence-electron chi connectivity index (χ1n) is 6.97. The van der Waals surface area contributed by atoms with Crippen LogP contribution in [0.15, 0.2) is 4.52 Å². The van der Waals surface area contributed by atoms with Gasteiger partial charge in [-0.2, -0.15) is 4.98 Å². The molecule has 5 nitrogen and oxygen atoms in total. The number of hydrogen-bond acceptors (Lipinski definition) is 5. The van der Waals surface area contributed by atoms with Gasteiger partial charge in [-0.15, -0.1) is 0 Å². The van der Waals surface area contributed by atoms with Crippen LogP contribution in [0, 0.1) is 0 Å². The van der Waals surface area contributed by atoms with Gasteiger partial charge in [-0.3, -0.25) is 0 Å². The van der Waals surface area contributed by atoms with Crippen LogP contribution in [0.5, 0.6) is 0 Å². The molecule has 5 heteroatoms. The van der Waals surface area contributed by atoms with E-state index in [0.717, 1.165) is 50.7 Å². The molecule has 2 fully saturated rings. The molecule has 1 N–H and O–H groups in total. The fourth-order valence-electron chi connectivity index (χ4n) is 2.79. The highest BCUT2D eigenvalue weighted by Gasteiger charge is 2.35. The lowest BCUT2D eigenvalue weighted by Crippen LogP contribution is -2.32. The molecule has 2 atom stereocenters. The monoisotopic (exact) mass is 251 g/mol. The van der Waals surface area contributed by atoms with Crippen LogP contribution in [0.25, 0.3) is 0 Å². The number of nitrogens with zero attached hydrogens (tertiary/aromatic N) is 2. The number of nitrogens with one attached hydrogen (secondary N) is 1. The molecule has 0 radical (unpaired) electrons. The molecule has 1 unspecified atom stereocenters. The fourth-order valence-corrected chi connectivity index (χ4v) is 2.79. The second kappa shape index (κ2) is 4.97. The Morgan fingerprint density at radius 1 is 1.33 bits per heavy atom. The summed E-state index contributed by atoms with van der Waals surface area (Å²) < 4.78 is 11.3. The van der Waals surface area contributed by atoms with Crippen molar-refractivity contribution in [3.63, 3.8) is 0 Å². The van der Waals surface area contributed by atoms with Gasteiger partial charge < -0.3 is 14.6 Å². The summed E-state index contributed by atoms with van der Waals surface area (Å²) in [5, 5.41) is 7.52. The first-order valence-corrected chi connectivity index (χ1v) is 6.97. The minimum atomic E-state index is -0.345. The summed E-state index contributed by atoms with van der Waals surface area (Å²) in [6.07, 6.45) is 5.59. The predicted octanol–water partition coefficient (Wildman–Crippen LogP) is 1.95. The third-order valence-corrected chi connectivity index (χ3v) is 4.03. The van der Waals surface area contributed by atoms with Gasteiger partial charge in [-0.25, -0.2) is 0 Å². The molecule has 0 aliphatic carbocycles. The van der Waals surface area contributed by atoms with Crippen molar-refractivity contribution < 1.29 is 9.26 Å². The smallest absolute Gasteiger partial charge is 0.231 e. The van der Waals surface area contributed by atoms with Gasteiger partial charge in [0, 0.05) is 13.2 Å². The van der Waals surface area contributed by atoms with Crippen LogP contribution in [0.4, 0.5) is 0 Å². The van der Waals surface area contributed by atoms with Crippen molar-refractivity contribution in [1.82, 2.24) is 15.5 Å². The van der Waals surface area contributed by atoms with Crippen molar-refractivity contribution in [3.05, 3.63) is 11.7 Å². The Morgan fingerprint density at radius 3 is 3.00 bits per heavy atom. The lowest BCUT2D eigenvalue weighted by molar-refractivity contribution is -0.0770. The van der Waals surface area contributed by atoms with E-state index in [4.69, 9.17) is 9.26 Å². The Labute approximate surface area is 107 Å². The second-order valence-corrected chi connectivity index (χ2v) is 5.54. The Morgan fingerprint density at radius 2 is 2.28 bits per heavy atom. The molecule has 0 aromatic carbocycles. The van der Waals surface area contributed by atoms with Gasteiger partial charge in [-0.05, 0) is 45.6 Å². The molecule has 0 amide bonds. The lowest BCUT2D eigenvalue weighted by Gasteiger charge is -2.30. The minimum absolute atomic E-state index is 0.345. The van der Waals surface area contributed by atoms with Crippen molar-refractivity contribution in [1.29, 1.82) is 0 Å². The molecular formula is C13H21N3O2. The summed E-state index contributed by atoms with van der Waals surface area (Å²) in [5.41, 5.74) is -0.345. The van der Waals surface area contributed by atoms with Crippen LogP contribution in [0.1, 0.15) is 56.7 Å². The Kier molecular flexibility index (Phi) is 3.35. The third kappa shape index (κ3) is 2.29. The summed E-state index contributed by atoms with van der Waals surface area (Å²) in [6, 6.07) is 0. The van der Waals surface area contributed by atoms with Gasteiger partial charge in [0.25, 0.3) is 0 Å². The third-order valence-electron chi connectivity index (χ3n) is 4.03. The maximum Gasteiger partial charge on any atom is 0.231 e. The van der Waals surface area contributed by atoms with Crippen molar-refractivity contribution in [3.8, 4) is 0 Å². The maximum absolute atomic E-state index is 5.85. The Balaban J connectivity index is 1.75. The molecule has 1 aromatic rings. The lowest BCUT2D eigenvalue weighted by atomic mass is 9.95. The molecule has 2 aliphatic rings. The average Bonchev–Trinajstić information content (AvgIpc) is 2.91. The summed E-state index contributed by atoms with van der Waals surface area (Å²) in [4.78, 5) is 4.59. The molecule has 3 rings (SSSR count). The molecule has 18 heavy (non-hydrogen) atoms. The van der Waals surface area contributed by atoms with E-state index in [9.17, 15) is 0 Å². The van der Waals surface area contributed by atoms with Crippen molar-refractivity contribution in [2.45, 2.75) is 50.5 Å². The van der Waals surface area contributed by atoms with Crippen LogP contribution in [0.3, 0.4) is 0 Å². The summed E-state index contributed by atoms with van der Waals surface area (Å²) in [7, 11) is 0. The summed E-state index contributed by atoms with van der Waals surface area (Å²) in [5.74, 6) is 1.86. The number of piperidine rings is 1. The number of aromatic nitrogens is 2. The average molecular weight is 251 g/mol. The number of rotatable bonds is 2. The Bertz CT molecular complexity index is 393. The first kappa shape index (κ1) is 12.1.